The van der Waals surface area contributed by atoms with Gasteiger partial charge in [-0.2, -0.15) is 5.21 Å². The highest BCUT2D eigenvalue weighted by Gasteiger charge is 2.41. The maximum atomic E-state index is 13.6. The van der Waals surface area contributed by atoms with Crippen molar-refractivity contribution in [3.63, 3.8) is 0 Å². The van der Waals surface area contributed by atoms with Crippen LogP contribution in [0.4, 0.5) is 4.79 Å². The van der Waals surface area contributed by atoms with Crippen molar-refractivity contribution in [2.45, 2.75) is 31.0 Å². The molecule has 6 amide bonds. The topological polar surface area (TPSA) is 195 Å². The number of likely N-dealkylation sites (tertiary alicyclic amines) is 1. The van der Waals surface area contributed by atoms with Crippen molar-refractivity contribution in [1.82, 2.24) is 51.4 Å². The highest BCUT2D eigenvalue weighted by molar-refractivity contribution is 7.09. The fraction of sp³-hybridized carbons (Fsp3) is 0.348. The fourth-order valence-electron chi connectivity index (χ4n) is 4.47. The molecule has 0 unspecified atom stereocenters. The van der Waals surface area contributed by atoms with E-state index in [-0.39, 0.29) is 30.5 Å². The largest absolute Gasteiger partial charge is 0.354 e. The third kappa shape index (κ3) is 5.18. The van der Waals surface area contributed by atoms with Crippen molar-refractivity contribution in [3.8, 4) is 11.4 Å². The summed E-state index contributed by atoms with van der Waals surface area (Å²) in [6.07, 6.45) is 0.162. The minimum atomic E-state index is -1.01. The summed E-state index contributed by atoms with van der Waals surface area (Å²) in [5.74, 6) is -1.24. The van der Waals surface area contributed by atoms with Crippen LogP contribution < -0.4 is 16.0 Å². The second-order valence-electron chi connectivity index (χ2n) is 9.04. The molecule has 3 aromatic rings. The maximum absolute atomic E-state index is 13.6. The van der Waals surface area contributed by atoms with Crippen molar-refractivity contribution >= 4 is 41.0 Å². The molecule has 39 heavy (non-hydrogen) atoms. The highest BCUT2D eigenvalue weighted by Crippen LogP contribution is 2.35. The van der Waals surface area contributed by atoms with Gasteiger partial charge in [0.15, 0.2) is 0 Å². The maximum Gasteiger partial charge on any atom is 0.324 e. The molecule has 0 radical (unpaired) electrons. The Balaban J connectivity index is 1.36. The van der Waals surface area contributed by atoms with Gasteiger partial charge in [0.2, 0.25) is 17.6 Å². The predicted octanol–water partition coefficient (Wildman–Crippen LogP) is -0.305. The van der Waals surface area contributed by atoms with Crippen LogP contribution in [0, 0.1) is 0 Å². The molecule has 16 heteroatoms. The lowest BCUT2D eigenvalue weighted by atomic mass is 10.1. The van der Waals surface area contributed by atoms with Gasteiger partial charge in [-0.15, -0.1) is 21.5 Å². The van der Waals surface area contributed by atoms with Crippen LogP contribution in [-0.2, 0) is 9.59 Å². The molecule has 2 saturated heterocycles. The van der Waals surface area contributed by atoms with E-state index in [1.54, 1.807) is 34.5 Å². The van der Waals surface area contributed by atoms with Gasteiger partial charge in [0.05, 0.1) is 12.5 Å². The number of aromatic amines is 1. The van der Waals surface area contributed by atoms with Gasteiger partial charge < -0.3 is 20.9 Å². The lowest BCUT2D eigenvalue weighted by Gasteiger charge is -2.28. The molecule has 2 fully saturated rings. The Bertz CT molecular complexity index is 1410. The molecule has 15 nitrogen and oxygen atoms in total. The number of thiazole rings is 1. The first-order valence-electron chi connectivity index (χ1n) is 11.9. The Hall–Kier alpha value is -4.73. The van der Waals surface area contributed by atoms with E-state index in [0.29, 0.717) is 28.4 Å². The molecule has 0 spiro atoms. The Labute approximate surface area is 225 Å². The third-order valence-corrected chi connectivity index (χ3v) is 7.53. The number of amides is 6. The van der Waals surface area contributed by atoms with E-state index in [0.717, 1.165) is 4.90 Å². The van der Waals surface area contributed by atoms with E-state index in [9.17, 15) is 24.0 Å². The smallest absolute Gasteiger partial charge is 0.324 e. The second-order valence-corrected chi connectivity index (χ2v) is 9.93. The quantitative estimate of drug-likeness (QED) is 0.317. The summed E-state index contributed by atoms with van der Waals surface area (Å²) in [5, 5.41) is 23.8. The highest BCUT2D eigenvalue weighted by atomic mass is 32.1. The van der Waals surface area contributed by atoms with Crippen LogP contribution >= 0.6 is 11.3 Å². The molecule has 202 valence electrons. The minimum absolute atomic E-state index is 0.158. The summed E-state index contributed by atoms with van der Waals surface area (Å²) in [4.78, 5) is 69.6. The molecule has 0 saturated carbocycles. The van der Waals surface area contributed by atoms with Crippen molar-refractivity contribution in [1.29, 1.82) is 0 Å². The summed E-state index contributed by atoms with van der Waals surface area (Å²) in [7, 11) is 2.84. The zero-order chi connectivity index (χ0) is 27.7. The number of urea groups is 1. The normalized spacial score (nSPS) is 21.0. The first-order valence-corrected chi connectivity index (χ1v) is 12.8. The molecule has 1 aromatic carbocycles. The predicted molar refractivity (Wildman–Crippen MR) is 135 cm³/mol. The zero-order valence-electron chi connectivity index (χ0n) is 20.9. The Morgan fingerprint density at radius 1 is 1.15 bits per heavy atom. The van der Waals surface area contributed by atoms with Gasteiger partial charge in [-0.3, -0.25) is 24.1 Å². The molecular formula is C23H24N10O5S. The number of hydrogen-bond acceptors (Lipinski definition) is 10. The number of carbonyl (C=O) groups is 5. The average molecular weight is 553 g/mol. The third-order valence-electron chi connectivity index (χ3n) is 6.58. The molecule has 2 aromatic heterocycles. The molecule has 5 rings (SSSR count). The number of nitrogens with zero attached hydrogens (tertiary/aromatic N) is 6. The number of rotatable bonds is 6. The van der Waals surface area contributed by atoms with Gasteiger partial charge in [-0.05, 0) is 23.8 Å². The SMILES string of the molecule is CNC(=O)c1csc([C@H]2C[C@H](NC(=O)[C@@H]3CC(=O)N(C)C(=O)N3)CN2C(=O)c2ccc(-c3nn[nH]n3)cc2)n1. The van der Waals surface area contributed by atoms with E-state index in [1.807, 2.05) is 0 Å². The Kier molecular flexibility index (Phi) is 7.02. The van der Waals surface area contributed by atoms with Crippen LogP contribution in [0.15, 0.2) is 29.6 Å². The van der Waals surface area contributed by atoms with Gasteiger partial charge in [0.1, 0.15) is 16.7 Å². The van der Waals surface area contributed by atoms with Crippen LogP contribution in [-0.4, -0.2) is 97.8 Å². The molecule has 0 aliphatic carbocycles. The van der Waals surface area contributed by atoms with Crippen molar-refractivity contribution < 1.29 is 24.0 Å². The minimum Gasteiger partial charge on any atom is -0.354 e. The van der Waals surface area contributed by atoms with Crippen molar-refractivity contribution in [3.05, 3.63) is 45.9 Å². The number of aromatic nitrogens is 5. The van der Waals surface area contributed by atoms with E-state index in [4.69, 9.17) is 0 Å². The molecule has 4 heterocycles. The summed E-state index contributed by atoms with van der Waals surface area (Å²) >= 11 is 1.24. The average Bonchev–Trinajstić information content (AvgIpc) is 3.72. The van der Waals surface area contributed by atoms with E-state index in [1.165, 1.54) is 25.4 Å². The Morgan fingerprint density at radius 3 is 2.59 bits per heavy atom. The number of H-pyrrole nitrogens is 1. The first kappa shape index (κ1) is 25.9. The van der Waals surface area contributed by atoms with Crippen LogP contribution in [0.1, 0.15) is 44.7 Å². The van der Waals surface area contributed by atoms with Crippen LogP contribution in [0.3, 0.4) is 0 Å². The number of benzene rings is 1. The van der Waals surface area contributed by atoms with E-state index >= 15 is 0 Å². The summed E-state index contributed by atoms with van der Waals surface area (Å²) in [6, 6.07) is 4.04. The summed E-state index contributed by atoms with van der Waals surface area (Å²) < 4.78 is 0. The van der Waals surface area contributed by atoms with Gasteiger partial charge in [-0.25, -0.2) is 9.78 Å². The monoisotopic (exact) mass is 552 g/mol. The van der Waals surface area contributed by atoms with Crippen LogP contribution in [0.5, 0.6) is 0 Å². The van der Waals surface area contributed by atoms with Gasteiger partial charge in [0, 0.05) is 43.2 Å². The molecule has 2 aliphatic heterocycles. The summed E-state index contributed by atoms with van der Waals surface area (Å²) in [6.45, 7) is 0.158. The number of hydrogen-bond donors (Lipinski definition) is 4. The van der Waals surface area contributed by atoms with E-state index < -0.39 is 36.0 Å². The number of carbonyl (C=O) groups excluding carboxylic acids is 5. The molecule has 0 bridgehead atoms. The Morgan fingerprint density at radius 2 is 1.92 bits per heavy atom. The fourth-order valence-corrected chi connectivity index (χ4v) is 5.39. The van der Waals surface area contributed by atoms with Crippen molar-refractivity contribution in [2.75, 3.05) is 20.6 Å². The molecule has 2 aliphatic rings. The standard InChI is InChI=1S/C23H24N10O5S/c1-24-19(35)15-10-39-21(26-15)16-7-13(25-20(36)14-8-17(34)32(2)23(38)27-14)9-33(16)22(37)12-5-3-11(4-6-12)18-28-30-31-29-18/h3-6,10,13-14,16H,7-9H2,1-2H3,(H,24,35)(H,25,36)(H,27,38)(H,28,29,30,31)/t13-,14-,16+/m0/s1. The van der Waals surface area contributed by atoms with Crippen LogP contribution in [0.25, 0.3) is 11.4 Å². The zero-order valence-corrected chi connectivity index (χ0v) is 21.7. The van der Waals surface area contributed by atoms with E-state index in [2.05, 4.69) is 41.6 Å². The second kappa shape index (κ2) is 10.6. The van der Waals surface area contributed by atoms with Gasteiger partial charge in [0.25, 0.3) is 11.8 Å². The number of nitrogens with one attached hydrogen (secondary N) is 4. The number of tetrazole rings is 1. The number of imide groups is 1. The summed E-state index contributed by atoms with van der Waals surface area (Å²) in [5.41, 5.74) is 1.30. The molecule has 4 N–H and O–H groups in total. The van der Waals surface area contributed by atoms with Gasteiger partial charge >= 0.3 is 6.03 Å². The lowest BCUT2D eigenvalue weighted by Crippen LogP contribution is -2.59. The van der Waals surface area contributed by atoms with Crippen molar-refractivity contribution in [2.24, 2.45) is 0 Å². The van der Waals surface area contributed by atoms with Crippen LogP contribution in [0.2, 0.25) is 0 Å². The molecular weight excluding hydrogens is 528 g/mol. The lowest BCUT2D eigenvalue weighted by molar-refractivity contribution is -0.134. The van der Waals surface area contributed by atoms with Gasteiger partial charge in [-0.1, -0.05) is 12.1 Å². The first-order chi connectivity index (χ1) is 18.7. The molecule has 3 atom stereocenters.